The predicted octanol–water partition coefficient (Wildman–Crippen LogP) is 4.95. The number of ketones is 1. The van der Waals surface area contributed by atoms with Crippen LogP contribution in [0.25, 0.3) is 5.76 Å². The largest absolute Gasteiger partial charge is 0.507 e. The molecule has 3 rings (SSSR count). The van der Waals surface area contributed by atoms with Crippen LogP contribution in [0.3, 0.4) is 0 Å². The molecule has 0 spiro atoms. The molecule has 1 fully saturated rings. The highest BCUT2D eigenvalue weighted by Gasteiger charge is 2.46. The van der Waals surface area contributed by atoms with Gasteiger partial charge in [-0.3, -0.25) is 9.59 Å². The molecule has 1 aliphatic rings. The second kappa shape index (κ2) is 11.0. The monoisotopic (exact) mass is 476 g/mol. The van der Waals surface area contributed by atoms with Crippen LogP contribution in [0.2, 0.25) is 5.02 Å². The number of aliphatic hydroxyl groups is 1. The zero-order chi connectivity index (χ0) is 23.3. The van der Waals surface area contributed by atoms with Crippen molar-refractivity contribution in [1.82, 2.24) is 9.80 Å². The number of amides is 1. The van der Waals surface area contributed by atoms with E-state index in [2.05, 4.69) is 18.7 Å². The van der Waals surface area contributed by atoms with Crippen LogP contribution in [0.4, 0.5) is 0 Å². The van der Waals surface area contributed by atoms with E-state index in [0.717, 1.165) is 30.9 Å². The van der Waals surface area contributed by atoms with Gasteiger partial charge in [0.1, 0.15) is 11.5 Å². The van der Waals surface area contributed by atoms with Gasteiger partial charge >= 0.3 is 0 Å². The first-order chi connectivity index (χ1) is 15.4. The molecule has 6 nitrogen and oxygen atoms in total. The molecule has 1 saturated heterocycles. The van der Waals surface area contributed by atoms with Crippen molar-refractivity contribution >= 4 is 40.4 Å². The van der Waals surface area contributed by atoms with Gasteiger partial charge < -0.3 is 19.6 Å². The molecule has 2 heterocycles. The van der Waals surface area contributed by atoms with Gasteiger partial charge in [0.05, 0.1) is 23.2 Å². The van der Waals surface area contributed by atoms with E-state index >= 15 is 0 Å². The second-order valence-electron chi connectivity index (χ2n) is 7.47. The summed E-state index contributed by atoms with van der Waals surface area (Å²) in [5.74, 6) is -0.981. The average Bonchev–Trinajstić information content (AvgIpc) is 3.40. The fraction of sp³-hybridized carbons (Fsp3) is 0.417. The molecule has 8 heteroatoms. The highest BCUT2D eigenvalue weighted by atomic mass is 35.5. The maximum absolute atomic E-state index is 13.0. The van der Waals surface area contributed by atoms with E-state index in [1.165, 1.54) is 11.3 Å². The topological polar surface area (TPSA) is 70.1 Å². The van der Waals surface area contributed by atoms with E-state index in [-0.39, 0.29) is 11.3 Å². The van der Waals surface area contributed by atoms with E-state index in [9.17, 15) is 14.7 Å². The zero-order valence-electron chi connectivity index (χ0n) is 18.6. The van der Waals surface area contributed by atoms with Crippen molar-refractivity contribution in [3.05, 3.63) is 56.7 Å². The van der Waals surface area contributed by atoms with Crippen LogP contribution in [0.5, 0.6) is 5.75 Å². The summed E-state index contributed by atoms with van der Waals surface area (Å²) in [6.45, 7) is 9.65. The van der Waals surface area contributed by atoms with E-state index < -0.39 is 17.7 Å². The van der Waals surface area contributed by atoms with E-state index in [1.807, 2.05) is 24.4 Å². The predicted molar refractivity (Wildman–Crippen MR) is 128 cm³/mol. The summed E-state index contributed by atoms with van der Waals surface area (Å²) in [4.78, 5) is 30.7. The van der Waals surface area contributed by atoms with E-state index in [0.29, 0.717) is 29.5 Å². The molecular weight excluding hydrogens is 448 g/mol. The molecule has 0 bridgehead atoms. The lowest BCUT2D eigenvalue weighted by Gasteiger charge is -2.25. The SMILES string of the molecule is CCOc1ccc(C(O)=C2C(=O)C(=O)N(CCCN(CC)CC)[C@@H]2c2cccs2)cc1Cl. The molecule has 0 aliphatic carbocycles. The standard InChI is InChI=1S/C24H29ClN2O4S/c1-4-26(5-2)12-8-13-27-21(19-9-7-14-32-19)20(23(29)24(27)30)22(28)16-10-11-18(31-6-3)17(25)15-16/h7,9-11,14-15,21,28H,4-6,8,12-13H2,1-3H3/t21-/m1/s1. The Morgan fingerprint density at radius 3 is 2.56 bits per heavy atom. The number of ether oxygens (including phenoxy) is 1. The minimum Gasteiger partial charge on any atom is -0.507 e. The average molecular weight is 477 g/mol. The minimum absolute atomic E-state index is 0.0977. The van der Waals surface area contributed by atoms with Crippen LogP contribution in [-0.2, 0) is 9.59 Å². The number of benzene rings is 1. The number of Topliss-reactive ketones (excluding diaryl/α,β-unsaturated/α-hetero) is 1. The van der Waals surface area contributed by atoms with Crippen molar-refractivity contribution in [1.29, 1.82) is 0 Å². The zero-order valence-corrected chi connectivity index (χ0v) is 20.2. The van der Waals surface area contributed by atoms with Gasteiger partial charge in [-0.2, -0.15) is 0 Å². The third kappa shape index (κ3) is 5.00. The van der Waals surface area contributed by atoms with Crippen LogP contribution >= 0.6 is 22.9 Å². The van der Waals surface area contributed by atoms with Crippen LogP contribution in [-0.4, -0.2) is 59.4 Å². The molecule has 32 heavy (non-hydrogen) atoms. The lowest BCUT2D eigenvalue weighted by Crippen LogP contribution is -2.33. The van der Waals surface area contributed by atoms with Crippen LogP contribution in [0, 0.1) is 0 Å². The van der Waals surface area contributed by atoms with Crippen molar-refractivity contribution in [2.75, 3.05) is 32.8 Å². The molecule has 1 amide bonds. The van der Waals surface area contributed by atoms with Gasteiger partial charge in [0.25, 0.3) is 11.7 Å². The molecule has 1 atom stereocenters. The van der Waals surface area contributed by atoms with Gasteiger partial charge in [-0.15, -0.1) is 11.3 Å². The first-order valence-corrected chi connectivity index (χ1v) is 12.1. The van der Waals surface area contributed by atoms with Gasteiger partial charge in [-0.1, -0.05) is 31.5 Å². The summed E-state index contributed by atoms with van der Waals surface area (Å²) >= 11 is 7.75. The molecule has 0 radical (unpaired) electrons. The molecular formula is C24H29ClN2O4S. The van der Waals surface area contributed by atoms with Gasteiger partial charge in [0, 0.05) is 17.0 Å². The number of hydrogen-bond acceptors (Lipinski definition) is 6. The minimum atomic E-state index is -0.672. The Bertz CT molecular complexity index is 986. The van der Waals surface area contributed by atoms with Crippen LogP contribution in [0.1, 0.15) is 43.7 Å². The van der Waals surface area contributed by atoms with Crippen molar-refractivity contribution in [2.24, 2.45) is 0 Å². The number of carbonyl (C=O) groups is 2. The number of aliphatic hydroxyl groups excluding tert-OH is 1. The van der Waals surface area contributed by atoms with Crippen molar-refractivity contribution in [3.8, 4) is 5.75 Å². The Balaban J connectivity index is 1.97. The molecule has 1 aromatic carbocycles. The van der Waals surface area contributed by atoms with Gasteiger partial charge in [-0.25, -0.2) is 0 Å². The van der Waals surface area contributed by atoms with E-state index in [1.54, 1.807) is 23.1 Å². The lowest BCUT2D eigenvalue weighted by atomic mass is 9.99. The number of likely N-dealkylation sites (tertiary alicyclic amines) is 1. The third-order valence-corrected chi connectivity index (χ3v) is 6.85. The quantitative estimate of drug-likeness (QED) is 0.298. The summed E-state index contributed by atoms with van der Waals surface area (Å²) in [6.07, 6.45) is 0.742. The maximum Gasteiger partial charge on any atom is 0.295 e. The summed E-state index contributed by atoms with van der Waals surface area (Å²) in [6, 6.07) is 8.01. The first-order valence-electron chi connectivity index (χ1n) is 10.9. The van der Waals surface area contributed by atoms with Crippen molar-refractivity contribution in [2.45, 2.75) is 33.2 Å². The van der Waals surface area contributed by atoms with Gasteiger partial charge in [0.2, 0.25) is 0 Å². The van der Waals surface area contributed by atoms with Crippen LogP contribution < -0.4 is 4.74 Å². The molecule has 0 unspecified atom stereocenters. The summed E-state index contributed by atoms with van der Waals surface area (Å²) < 4.78 is 5.45. The van der Waals surface area contributed by atoms with E-state index in [4.69, 9.17) is 16.3 Å². The van der Waals surface area contributed by atoms with Crippen molar-refractivity contribution in [3.63, 3.8) is 0 Å². The van der Waals surface area contributed by atoms with Gasteiger partial charge in [0.15, 0.2) is 0 Å². The molecule has 2 aromatic rings. The second-order valence-corrected chi connectivity index (χ2v) is 8.85. The van der Waals surface area contributed by atoms with Crippen molar-refractivity contribution < 1.29 is 19.4 Å². The number of rotatable bonds is 10. The Morgan fingerprint density at radius 2 is 1.97 bits per heavy atom. The Morgan fingerprint density at radius 1 is 1.22 bits per heavy atom. The summed E-state index contributed by atoms with van der Waals surface area (Å²) in [7, 11) is 0. The molecule has 172 valence electrons. The third-order valence-electron chi connectivity index (χ3n) is 5.63. The fourth-order valence-electron chi connectivity index (χ4n) is 3.93. The smallest absolute Gasteiger partial charge is 0.295 e. The Hall–Kier alpha value is -2.35. The highest BCUT2D eigenvalue weighted by molar-refractivity contribution is 7.10. The maximum atomic E-state index is 13.0. The number of nitrogens with zero attached hydrogens (tertiary/aromatic N) is 2. The number of carbonyl (C=O) groups excluding carboxylic acids is 2. The Labute approximate surface area is 198 Å². The number of hydrogen-bond donors (Lipinski definition) is 1. The van der Waals surface area contributed by atoms with Crippen LogP contribution in [0.15, 0.2) is 41.3 Å². The summed E-state index contributed by atoms with van der Waals surface area (Å²) in [5.41, 5.74) is 0.474. The summed E-state index contributed by atoms with van der Waals surface area (Å²) in [5, 5.41) is 13.3. The Kier molecular flexibility index (Phi) is 8.34. The number of halogens is 1. The first kappa shape index (κ1) is 24.3. The molecule has 1 aliphatic heterocycles. The molecule has 1 N–H and O–H groups in total. The van der Waals surface area contributed by atoms with Gasteiger partial charge in [-0.05, 0) is 62.6 Å². The molecule has 1 aromatic heterocycles. The number of thiophene rings is 1. The lowest BCUT2D eigenvalue weighted by molar-refractivity contribution is -0.139. The molecule has 0 saturated carbocycles. The normalized spacial score (nSPS) is 18.0. The highest BCUT2D eigenvalue weighted by Crippen LogP contribution is 2.41. The fourth-order valence-corrected chi connectivity index (χ4v) is 5.01.